The van der Waals surface area contributed by atoms with Crippen LogP contribution in [-0.2, 0) is 15.1 Å². The molecule has 2 aliphatic heterocycles. The normalized spacial score (nSPS) is 31.7. The zero-order valence-electron chi connectivity index (χ0n) is 17.4. The zero-order chi connectivity index (χ0) is 22.2. The lowest BCUT2D eigenvalue weighted by Gasteiger charge is -2.40. The summed E-state index contributed by atoms with van der Waals surface area (Å²) in [5.74, 6) is -1.05. The lowest BCUT2D eigenvalue weighted by atomic mass is 9.68. The highest BCUT2D eigenvalue weighted by molar-refractivity contribution is 14.1. The molecule has 4 aliphatic rings. The Morgan fingerprint density at radius 1 is 1.19 bits per heavy atom. The number of nitrogens with one attached hydrogen (secondary N) is 1. The molecule has 1 saturated heterocycles. The van der Waals surface area contributed by atoms with Crippen molar-refractivity contribution in [3.8, 4) is 0 Å². The van der Waals surface area contributed by atoms with Gasteiger partial charge in [-0.2, -0.15) is 0 Å². The zero-order valence-corrected chi connectivity index (χ0v) is 20.3. The number of halogens is 3. The molecule has 3 fully saturated rings. The highest BCUT2D eigenvalue weighted by atomic mass is 127. The van der Waals surface area contributed by atoms with Gasteiger partial charge in [-0.25, -0.2) is 4.39 Å². The molecule has 0 unspecified atom stereocenters. The molecule has 4 atom stereocenters. The number of amides is 1. The Balaban J connectivity index is 1.65. The van der Waals surface area contributed by atoms with Crippen molar-refractivity contribution < 1.29 is 14.0 Å². The molecule has 2 aromatic carbocycles. The molecule has 4 nitrogen and oxygen atoms in total. The van der Waals surface area contributed by atoms with Crippen molar-refractivity contribution in [3.05, 3.63) is 61.9 Å². The summed E-state index contributed by atoms with van der Waals surface area (Å²) in [5, 5.41) is 3.13. The average molecular weight is 565 g/mol. The van der Waals surface area contributed by atoms with Crippen LogP contribution in [0.3, 0.4) is 0 Å². The number of carbonyl (C=O) groups excluding carboxylic acids is 2. The molecule has 1 amide bonds. The molecule has 2 aliphatic carbocycles. The Kier molecular flexibility index (Phi) is 4.93. The number of rotatable bonds is 3. The molecule has 2 saturated carbocycles. The van der Waals surface area contributed by atoms with Crippen molar-refractivity contribution in [2.75, 3.05) is 11.9 Å². The van der Waals surface area contributed by atoms with Crippen molar-refractivity contribution in [3.63, 3.8) is 0 Å². The van der Waals surface area contributed by atoms with Gasteiger partial charge >= 0.3 is 0 Å². The SMILES string of the molecule is O=C1CCC[C@H]2[C@@H]1[C@H](c1cccc(Cl)c1F)[C@]1(C(=O)Nc3cc(I)ccc31)N2CC1CC1. The summed E-state index contributed by atoms with van der Waals surface area (Å²) in [6, 6.07) is 10.8. The van der Waals surface area contributed by atoms with Crippen molar-refractivity contribution in [1.29, 1.82) is 0 Å². The number of likely N-dealkylation sites (tertiary alicyclic amines) is 1. The number of nitrogens with zero attached hydrogens (tertiary/aromatic N) is 1. The molecule has 32 heavy (non-hydrogen) atoms. The maximum absolute atomic E-state index is 15.6. The summed E-state index contributed by atoms with van der Waals surface area (Å²) in [6.45, 7) is 0.756. The largest absolute Gasteiger partial charge is 0.324 e. The molecule has 1 N–H and O–H groups in total. The summed E-state index contributed by atoms with van der Waals surface area (Å²) >= 11 is 8.45. The summed E-state index contributed by atoms with van der Waals surface area (Å²) in [6.07, 6.45) is 4.40. The topological polar surface area (TPSA) is 49.4 Å². The Morgan fingerprint density at radius 2 is 2.00 bits per heavy atom. The van der Waals surface area contributed by atoms with E-state index in [-0.39, 0.29) is 22.8 Å². The first kappa shape index (κ1) is 21.1. The molecular weight excluding hydrogens is 542 g/mol. The van der Waals surface area contributed by atoms with Crippen LogP contribution in [0, 0.1) is 21.2 Å². The number of ketones is 1. The van der Waals surface area contributed by atoms with E-state index in [0.29, 0.717) is 17.9 Å². The maximum atomic E-state index is 15.6. The first-order valence-electron chi connectivity index (χ1n) is 11.3. The predicted molar refractivity (Wildman–Crippen MR) is 129 cm³/mol. The minimum Gasteiger partial charge on any atom is -0.324 e. The van der Waals surface area contributed by atoms with Crippen LogP contribution >= 0.6 is 34.2 Å². The molecule has 0 radical (unpaired) electrons. The third-order valence-electron chi connectivity index (χ3n) is 7.83. The highest BCUT2D eigenvalue weighted by Gasteiger charge is 2.69. The van der Waals surface area contributed by atoms with Gasteiger partial charge < -0.3 is 5.32 Å². The summed E-state index contributed by atoms with van der Waals surface area (Å²) in [4.78, 5) is 29.7. The van der Waals surface area contributed by atoms with Gasteiger partial charge in [-0.15, -0.1) is 0 Å². The molecule has 1 spiro atoms. The number of Topliss-reactive ketones (excluding diaryl/α,β-unsaturated/α-hetero) is 1. The van der Waals surface area contributed by atoms with E-state index in [9.17, 15) is 9.59 Å². The average Bonchev–Trinajstić information content (AvgIpc) is 3.47. The van der Waals surface area contributed by atoms with Gasteiger partial charge in [0.05, 0.1) is 5.02 Å². The van der Waals surface area contributed by atoms with Crippen LogP contribution in [0.15, 0.2) is 36.4 Å². The van der Waals surface area contributed by atoms with Crippen molar-refractivity contribution in [2.24, 2.45) is 11.8 Å². The minimum absolute atomic E-state index is 0.0272. The molecule has 6 rings (SSSR count). The van der Waals surface area contributed by atoms with Crippen molar-refractivity contribution in [2.45, 2.75) is 49.6 Å². The monoisotopic (exact) mass is 564 g/mol. The smallest absolute Gasteiger partial charge is 0.250 e. The van der Waals surface area contributed by atoms with E-state index in [0.717, 1.165) is 47.0 Å². The van der Waals surface area contributed by atoms with E-state index in [1.807, 2.05) is 18.2 Å². The minimum atomic E-state index is -1.11. The van der Waals surface area contributed by atoms with Gasteiger partial charge in [0.15, 0.2) is 0 Å². The number of benzene rings is 2. The van der Waals surface area contributed by atoms with Crippen LogP contribution in [0.2, 0.25) is 5.02 Å². The Labute approximate surface area is 205 Å². The molecule has 7 heteroatoms. The van der Waals surface area contributed by atoms with Crippen LogP contribution in [0.4, 0.5) is 10.1 Å². The highest BCUT2D eigenvalue weighted by Crippen LogP contribution is 2.62. The molecular formula is C25H23ClFIN2O2. The van der Waals surface area contributed by atoms with Crippen molar-refractivity contribution in [1.82, 2.24) is 4.90 Å². The first-order valence-corrected chi connectivity index (χ1v) is 12.7. The predicted octanol–water partition coefficient (Wildman–Crippen LogP) is 5.48. The quantitative estimate of drug-likeness (QED) is 0.503. The maximum Gasteiger partial charge on any atom is 0.250 e. The number of hydrogen-bond donors (Lipinski definition) is 1. The van der Waals surface area contributed by atoms with Crippen LogP contribution in [0.1, 0.15) is 49.1 Å². The van der Waals surface area contributed by atoms with Gasteiger partial charge in [0.1, 0.15) is 17.1 Å². The lowest BCUT2D eigenvalue weighted by Crippen LogP contribution is -2.52. The van der Waals surface area contributed by atoms with Crippen LogP contribution in [-0.4, -0.2) is 29.2 Å². The number of anilines is 1. The van der Waals surface area contributed by atoms with Gasteiger partial charge in [0, 0.05) is 45.7 Å². The fraction of sp³-hybridized carbons (Fsp3) is 0.440. The number of carbonyl (C=O) groups is 2. The van der Waals surface area contributed by atoms with E-state index in [2.05, 4.69) is 32.8 Å². The fourth-order valence-corrected chi connectivity index (χ4v) is 7.10. The van der Waals surface area contributed by atoms with Gasteiger partial charge in [0.25, 0.3) is 0 Å². The Morgan fingerprint density at radius 3 is 2.78 bits per heavy atom. The summed E-state index contributed by atoms with van der Waals surface area (Å²) in [7, 11) is 0. The first-order chi connectivity index (χ1) is 15.4. The third-order valence-corrected chi connectivity index (χ3v) is 8.79. The van der Waals surface area contributed by atoms with Gasteiger partial charge in [-0.1, -0.05) is 29.8 Å². The fourth-order valence-electron chi connectivity index (χ4n) is 6.43. The van der Waals surface area contributed by atoms with Gasteiger partial charge in [-0.05, 0) is 78.0 Å². The number of hydrogen-bond acceptors (Lipinski definition) is 3. The van der Waals surface area contributed by atoms with E-state index in [1.165, 1.54) is 6.07 Å². The lowest BCUT2D eigenvalue weighted by molar-refractivity contribution is -0.128. The molecule has 2 aromatic rings. The second kappa shape index (κ2) is 7.50. The summed E-state index contributed by atoms with van der Waals surface area (Å²) in [5.41, 5.74) is 0.891. The molecule has 166 valence electrons. The second-order valence-corrected chi connectivity index (χ2v) is 11.2. The Hall–Kier alpha value is -1.51. The van der Waals surface area contributed by atoms with Gasteiger partial charge in [0.2, 0.25) is 5.91 Å². The molecule has 0 bridgehead atoms. The van der Waals surface area contributed by atoms with E-state index < -0.39 is 23.2 Å². The standard InChI is InChI=1S/C25H23ClFIN2O2/c26-17-4-1-3-15(23(17)27)22-21-19(5-2-6-20(21)31)30(12-13-7-8-13)25(22)16-10-9-14(28)11-18(16)29-24(25)32/h1,3-4,9-11,13,19,21-22H,2,5-8,12H2,(H,29,32)/t19-,21-,22-,25+/m0/s1. The van der Waals surface area contributed by atoms with Gasteiger partial charge in [-0.3, -0.25) is 14.5 Å². The van der Waals surface area contributed by atoms with E-state index in [4.69, 9.17) is 11.6 Å². The molecule has 2 heterocycles. The summed E-state index contributed by atoms with van der Waals surface area (Å²) < 4.78 is 16.6. The van der Waals surface area contributed by atoms with Crippen LogP contribution in [0.25, 0.3) is 0 Å². The third kappa shape index (κ3) is 2.88. The second-order valence-electron chi connectivity index (χ2n) is 9.58. The Bertz CT molecular complexity index is 1150. The van der Waals surface area contributed by atoms with Crippen molar-refractivity contribution >= 4 is 51.6 Å². The van der Waals surface area contributed by atoms with Crippen LogP contribution in [0.5, 0.6) is 0 Å². The van der Waals surface area contributed by atoms with E-state index >= 15 is 4.39 Å². The van der Waals surface area contributed by atoms with E-state index in [1.54, 1.807) is 12.1 Å². The number of fused-ring (bicyclic) bond motifs is 3. The molecule has 0 aromatic heterocycles. The van der Waals surface area contributed by atoms with Crippen LogP contribution < -0.4 is 5.32 Å².